The maximum atomic E-state index is 14.2. The van der Waals surface area contributed by atoms with E-state index in [-0.39, 0.29) is 43.0 Å². The van der Waals surface area contributed by atoms with Gasteiger partial charge in [0.1, 0.15) is 10.1 Å². The van der Waals surface area contributed by atoms with Crippen LogP contribution in [0.2, 0.25) is 0 Å². The van der Waals surface area contributed by atoms with Crippen LogP contribution in [0.5, 0.6) is 0 Å². The maximum Gasteiger partial charge on any atom is 1.00 e. The summed E-state index contributed by atoms with van der Waals surface area (Å²) in [6, 6.07) is 1.15. The van der Waals surface area contributed by atoms with Crippen LogP contribution in [0.25, 0.3) is 0 Å². The molecule has 4 rings (SSSR count). The van der Waals surface area contributed by atoms with Crippen molar-refractivity contribution in [2.45, 2.75) is 105 Å². The number of rotatable bonds is 4. The van der Waals surface area contributed by atoms with Crippen LogP contribution in [0.4, 0.5) is 8.78 Å². The van der Waals surface area contributed by atoms with Gasteiger partial charge in [0.05, 0.1) is 4.90 Å². The SMILES string of the molecule is O=S(=O)([O-])c1c(F)c(F)cc2c1CCC(P(C1CCCCC1)C1CCCCC1)C2.[Na+]. The van der Waals surface area contributed by atoms with Crippen LogP contribution in [0.15, 0.2) is 11.0 Å². The molecule has 0 aromatic heterocycles. The molecular weight excluding hydrogens is 436 g/mol. The number of fused-ring (bicyclic) bond motifs is 1. The van der Waals surface area contributed by atoms with Crippen molar-refractivity contribution in [3.8, 4) is 0 Å². The van der Waals surface area contributed by atoms with E-state index in [0.29, 0.717) is 24.1 Å². The maximum absolute atomic E-state index is 14.2. The van der Waals surface area contributed by atoms with Crippen LogP contribution in [-0.2, 0) is 23.0 Å². The monoisotopic (exact) mass is 466 g/mol. The molecule has 0 N–H and O–H groups in total. The summed E-state index contributed by atoms with van der Waals surface area (Å²) in [6.45, 7) is 0. The van der Waals surface area contributed by atoms with Crippen molar-refractivity contribution in [3.05, 3.63) is 28.8 Å². The molecule has 0 spiro atoms. The van der Waals surface area contributed by atoms with Crippen molar-refractivity contribution < 1.29 is 51.3 Å². The number of halogens is 2. The van der Waals surface area contributed by atoms with E-state index in [4.69, 9.17) is 0 Å². The Kier molecular flexibility index (Phi) is 8.82. The molecule has 30 heavy (non-hydrogen) atoms. The Balaban J connectivity index is 0.00000256. The minimum Gasteiger partial charge on any atom is -0.744 e. The molecule has 3 nitrogen and oxygen atoms in total. The van der Waals surface area contributed by atoms with Gasteiger partial charge in [0.2, 0.25) is 0 Å². The molecular formula is C22H30F2NaO3PS. The third-order valence-electron chi connectivity index (χ3n) is 7.22. The van der Waals surface area contributed by atoms with Crippen LogP contribution >= 0.6 is 7.92 Å². The topological polar surface area (TPSA) is 57.2 Å². The van der Waals surface area contributed by atoms with Crippen molar-refractivity contribution in [2.24, 2.45) is 0 Å². The Bertz CT molecular complexity index is 834. The molecule has 1 atom stereocenters. The van der Waals surface area contributed by atoms with Crippen molar-refractivity contribution in [1.82, 2.24) is 0 Å². The Morgan fingerprint density at radius 3 is 1.90 bits per heavy atom. The number of benzene rings is 1. The fourth-order valence-electron chi connectivity index (χ4n) is 5.98. The molecule has 2 saturated carbocycles. The van der Waals surface area contributed by atoms with Gasteiger partial charge in [-0.2, -0.15) is 0 Å². The minimum absolute atomic E-state index is 0. The van der Waals surface area contributed by atoms with Crippen molar-refractivity contribution in [2.75, 3.05) is 0 Å². The van der Waals surface area contributed by atoms with Crippen LogP contribution in [0.1, 0.15) is 81.8 Å². The molecule has 3 aliphatic rings. The van der Waals surface area contributed by atoms with Gasteiger partial charge in [0.15, 0.2) is 11.6 Å². The van der Waals surface area contributed by atoms with Gasteiger partial charge in [0.25, 0.3) is 0 Å². The normalized spacial score (nSPS) is 23.8. The molecule has 1 unspecified atom stereocenters. The van der Waals surface area contributed by atoms with Gasteiger partial charge in [-0.15, -0.1) is 0 Å². The average Bonchev–Trinajstić information content (AvgIpc) is 2.70. The van der Waals surface area contributed by atoms with Crippen LogP contribution in [-0.4, -0.2) is 29.9 Å². The van der Waals surface area contributed by atoms with Crippen molar-refractivity contribution >= 4 is 18.0 Å². The molecule has 0 amide bonds. The van der Waals surface area contributed by atoms with Gasteiger partial charge < -0.3 is 4.55 Å². The summed E-state index contributed by atoms with van der Waals surface area (Å²) in [6.07, 6.45) is 14.7. The van der Waals surface area contributed by atoms with E-state index in [1.807, 2.05) is 0 Å². The second-order valence-corrected chi connectivity index (χ2v) is 13.4. The minimum atomic E-state index is -5.04. The third-order valence-corrected chi connectivity index (χ3v) is 12.1. The zero-order valence-electron chi connectivity index (χ0n) is 17.8. The van der Waals surface area contributed by atoms with Gasteiger partial charge in [0, 0.05) is 0 Å². The van der Waals surface area contributed by atoms with E-state index in [1.54, 1.807) is 0 Å². The molecule has 1 aromatic carbocycles. The largest absolute Gasteiger partial charge is 1.00 e. The standard InChI is InChI=1S/C22H31F2O3PS.Na/c23-20-14-15-13-18(11-12-19(15)22(21(20)24)29(25,26)27)28(16-7-3-1-4-8-16)17-9-5-2-6-10-17;/h14,16-18H,1-13H2,(H,25,26,27);/q;+1/p-1. The van der Waals surface area contributed by atoms with Gasteiger partial charge in [-0.25, -0.2) is 17.2 Å². The fourth-order valence-corrected chi connectivity index (χ4v) is 11.4. The molecule has 162 valence electrons. The van der Waals surface area contributed by atoms with E-state index >= 15 is 0 Å². The second-order valence-electron chi connectivity index (χ2n) is 9.02. The van der Waals surface area contributed by atoms with E-state index in [2.05, 4.69) is 0 Å². The quantitative estimate of drug-likeness (QED) is 0.390. The molecule has 1 aromatic rings. The van der Waals surface area contributed by atoms with Crippen LogP contribution in [0, 0.1) is 11.6 Å². The Labute approximate surface area is 202 Å². The van der Waals surface area contributed by atoms with Crippen LogP contribution in [0.3, 0.4) is 0 Å². The predicted octanol–water partition coefficient (Wildman–Crippen LogP) is 2.88. The van der Waals surface area contributed by atoms with Gasteiger partial charge >= 0.3 is 29.6 Å². The molecule has 8 heteroatoms. The zero-order chi connectivity index (χ0) is 20.6. The Hall–Kier alpha value is 0.420. The number of hydrogen-bond donors (Lipinski definition) is 0. The molecule has 0 radical (unpaired) electrons. The first kappa shape index (κ1) is 25.1. The summed E-state index contributed by atoms with van der Waals surface area (Å²) in [7, 11) is -5.27. The van der Waals surface area contributed by atoms with Gasteiger partial charge in [-0.1, -0.05) is 46.4 Å². The summed E-state index contributed by atoms with van der Waals surface area (Å²) in [5, 5.41) is 0. The molecule has 0 heterocycles. The molecule has 0 aliphatic heterocycles. The smallest absolute Gasteiger partial charge is 0.744 e. The van der Waals surface area contributed by atoms with Crippen molar-refractivity contribution in [3.63, 3.8) is 0 Å². The number of hydrogen-bond acceptors (Lipinski definition) is 3. The molecule has 2 fully saturated rings. The van der Waals surface area contributed by atoms with Gasteiger partial charge in [-0.3, -0.25) is 0 Å². The first-order valence-electron chi connectivity index (χ1n) is 11.1. The summed E-state index contributed by atoms with van der Waals surface area (Å²) >= 11 is 0. The molecule has 3 aliphatic carbocycles. The second kappa shape index (κ2) is 10.6. The molecule has 0 saturated heterocycles. The summed E-state index contributed by atoms with van der Waals surface area (Å²) in [5.74, 6) is -2.71. The third kappa shape index (κ3) is 5.31. The van der Waals surface area contributed by atoms with Crippen molar-refractivity contribution in [1.29, 1.82) is 0 Å². The summed E-state index contributed by atoms with van der Waals surface area (Å²) in [4.78, 5) is -0.939. The van der Waals surface area contributed by atoms with E-state index in [0.717, 1.165) is 23.8 Å². The molecule has 0 bridgehead atoms. The first-order chi connectivity index (χ1) is 13.9. The summed E-state index contributed by atoms with van der Waals surface area (Å²) < 4.78 is 63.2. The van der Waals surface area contributed by atoms with E-state index in [9.17, 15) is 21.8 Å². The zero-order valence-corrected chi connectivity index (χ0v) is 21.5. The van der Waals surface area contributed by atoms with Crippen LogP contribution < -0.4 is 29.6 Å². The Morgan fingerprint density at radius 2 is 1.40 bits per heavy atom. The Morgan fingerprint density at radius 1 is 0.867 bits per heavy atom. The van der Waals surface area contributed by atoms with E-state index in [1.165, 1.54) is 64.2 Å². The summed E-state index contributed by atoms with van der Waals surface area (Å²) in [5.41, 5.74) is 2.71. The van der Waals surface area contributed by atoms with Gasteiger partial charge in [-0.05, 0) is 79.1 Å². The predicted molar refractivity (Wildman–Crippen MR) is 111 cm³/mol. The fraction of sp³-hybridized carbons (Fsp3) is 0.727. The van der Waals surface area contributed by atoms with E-state index < -0.39 is 26.6 Å². The average molecular weight is 467 g/mol. The first-order valence-corrected chi connectivity index (χ1v) is 14.0.